The number of allylic oxidation sites excluding steroid dienone is 1. The van der Waals surface area contributed by atoms with E-state index in [-0.39, 0.29) is 0 Å². The molecule has 0 unspecified atom stereocenters. The molecule has 0 bridgehead atoms. The van der Waals surface area contributed by atoms with Gasteiger partial charge >= 0.3 is 0 Å². The molecular formula is C15H20. The van der Waals surface area contributed by atoms with Crippen molar-refractivity contribution < 1.29 is 0 Å². The highest BCUT2D eigenvalue weighted by Crippen LogP contribution is 2.35. The quantitative estimate of drug-likeness (QED) is 0.655. The van der Waals surface area contributed by atoms with Crippen LogP contribution in [0.5, 0.6) is 0 Å². The molecular weight excluding hydrogens is 180 g/mol. The summed E-state index contributed by atoms with van der Waals surface area (Å²) in [5, 5.41) is 0. The minimum atomic E-state index is 0.736. The van der Waals surface area contributed by atoms with Gasteiger partial charge in [0.2, 0.25) is 0 Å². The SMILES string of the molecule is C=C(c1ccccc1C)C1CCCCC1. The molecule has 1 aromatic carbocycles. The molecule has 0 spiro atoms. The second-order valence-corrected chi connectivity index (χ2v) is 4.68. The Bertz CT molecular complexity index is 343. The fraction of sp³-hybridized carbons (Fsp3) is 0.467. The first-order chi connectivity index (χ1) is 7.29. The third-order valence-electron chi connectivity index (χ3n) is 3.59. The highest BCUT2D eigenvalue weighted by atomic mass is 14.2. The number of hydrogen-bond donors (Lipinski definition) is 0. The van der Waals surface area contributed by atoms with Crippen LogP contribution in [0.2, 0.25) is 0 Å². The predicted octanol–water partition coefficient (Wildman–Crippen LogP) is 4.59. The fourth-order valence-corrected chi connectivity index (χ4v) is 2.60. The van der Waals surface area contributed by atoms with Crippen LogP contribution in [-0.2, 0) is 0 Å². The lowest BCUT2D eigenvalue weighted by Crippen LogP contribution is -2.08. The second-order valence-electron chi connectivity index (χ2n) is 4.68. The summed E-state index contributed by atoms with van der Waals surface area (Å²) in [5.41, 5.74) is 4.12. The summed E-state index contributed by atoms with van der Waals surface area (Å²) in [4.78, 5) is 0. The van der Waals surface area contributed by atoms with Crippen molar-refractivity contribution in [3.8, 4) is 0 Å². The molecule has 0 atom stereocenters. The van der Waals surface area contributed by atoms with Gasteiger partial charge in [-0.3, -0.25) is 0 Å². The normalized spacial score (nSPS) is 17.7. The van der Waals surface area contributed by atoms with E-state index >= 15 is 0 Å². The van der Waals surface area contributed by atoms with Gasteiger partial charge in [-0.1, -0.05) is 50.1 Å². The molecule has 1 saturated carbocycles. The van der Waals surface area contributed by atoms with E-state index in [4.69, 9.17) is 0 Å². The molecule has 0 heterocycles. The lowest BCUT2D eigenvalue weighted by atomic mass is 9.81. The molecule has 0 saturated heterocycles. The number of aryl methyl sites for hydroxylation is 1. The van der Waals surface area contributed by atoms with Gasteiger partial charge in [0.05, 0.1) is 0 Å². The van der Waals surface area contributed by atoms with Gasteiger partial charge in [0, 0.05) is 0 Å². The Morgan fingerprint density at radius 1 is 1.13 bits per heavy atom. The van der Waals surface area contributed by atoms with Crippen molar-refractivity contribution in [2.24, 2.45) is 5.92 Å². The van der Waals surface area contributed by atoms with E-state index in [1.54, 1.807) is 0 Å². The van der Waals surface area contributed by atoms with Crippen LogP contribution >= 0.6 is 0 Å². The van der Waals surface area contributed by atoms with E-state index in [0.717, 1.165) is 5.92 Å². The molecule has 1 fully saturated rings. The van der Waals surface area contributed by atoms with Crippen LogP contribution in [0.3, 0.4) is 0 Å². The lowest BCUT2D eigenvalue weighted by Gasteiger charge is -2.24. The molecule has 0 nitrogen and oxygen atoms in total. The van der Waals surface area contributed by atoms with Gasteiger partial charge in [-0.05, 0) is 42.4 Å². The van der Waals surface area contributed by atoms with Crippen LogP contribution in [-0.4, -0.2) is 0 Å². The first-order valence-corrected chi connectivity index (χ1v) is 6.04. The first kappa shape index (κ1) is 10.5. The van der Waals surface area contributed by atoms with Gasteiger partial charge in [0.15, 0.2) is 0 Å². The van der Waals surface area contributed by atoms with Gasteiger partial charge in [-0.15, -0.1) is 0 Å². The second kappa shape index (κ2) is 4.65. The standard InChI is InChI=1S/C15H20/c1-12-8-6-7-11-15(12)13(2)14-9-4-3-5-10-14/h6-8,11,14H,2-5,9-10H2,1H3. The van der Waals surface area contributed by atoms with E-state index in [1.165, 1.54) is 48.8 Å². The van der Waals surface area contributed by atoms with E-state index in [2.05, 4.69) is 37.8 Å². The molecule has 80 valence electrons. The van der Waals surface area contributed by atoms with Crippen molar-refractivity contribution in [1.29, 1.82) is 0 Å². The van der Waals surface area contributed by atoms with Gasteiger partial charge in [-0.2, -0.15) is 0 Å². The number of benzene rings is 1. The number of rotatable bonds is 2. The van der Waals surface area contributed by atoms with E-state index in [9.17, 15) is 0 Å². The van der Waals surface area contributed by atoms with Gasteiger partial charge in [0.25, 0.3) is 0 Å². The summed E-state index contributed by atoms with van der Waals surface area (Å²) >= 11 is 0. The minimum absolute atomic E-state index is 0.736. The number of hydrogen-bond acceptors (Lipinski definition) is 0. The van der Waals surface area contributed by atoms with Gasteiger partial charge < -0.3 is 0 Å². The smallest absolute Gasteiger partial charge is 0.0162 e. The molecule has 0 radical (unpaired) electrons. The first-order valence-electron chi connectivity index (χ1n) is 6.04. The summed E-state index contributed by atoms with van der Waals surface area (Å²) < 4.78 is 0. The van der Waals surface area contributed by atoms with E-state index in [1.807, 2.05) is 0 Å². The van der Waals surface area contributed by atoms with E-state index < -0.39 is 0 Å². The van der Waals surface area contributed by atoms with Crippen LogP contribution < -0.4 is 0 Å². The van der Waals surface area contributed by atoms with E-state index in [0.29, 0.717) is 0 Å². The molecule has 1 aromatic rings. The summed E-state index contributed by atoms with van der Waals surface area (Å²) in [5.74, 6) is 0.736. The zero-order valence-corrected chi connectivity index (χ0v) is 9.63. The average Bonchev–Trinajstić information content (AvgIpc) is 2.30. The molecule has 1 aliphatic carbocycles. The Morgan fingerprint density at radius 2 is 1.80 bits per heavy atom. The Kier molecular flexibility index (Phi) is 3.25. The topological polar surface area (TPSA) is 0 Å². The van der Waals surface area contributed by atoms with Crippen LogP contribution in [0, 0.1) is 12.8 Å². The van der Waals surface area contributed by atoms with Crippen molar-refractivity contribution in [2.75, 3.05) is 0 Å². The van der Waals surface area contributed by atoms with Crippen molar-refractivity contribution in [1.82, 2.24) is 0 Å². The molecule has 0 aliphatic heterocycles. The summed E-state index contributed by atoms with van der Waals surface area (Å²) in [7, 11) is 0. The van der Waals surface area contributed by atoms with Crippen molar-refractivity contribution >= 4 is 5.57 Å². The van der Waals surface area contributed by atoms with Crippen molar-refractivity contribution in [3.63, 3.8) is 0 Å². The van der Waals surface area contributed by atoms with Crippen molar-refractivity contribution in [3.05, 3.63) is 42.0 Å². The molecule has 0 N–H and O–H groups in total. The molecule has 0 heteroatoms. The maximum atomic E-state index is 4.31. The Morgan fingerprint density at radius 3 is 2.47 bits per heavy atom. The molecule has 1 aliphatic rings. The third-order valence-corrected chi connectivity index (χ3v) is 3.59. The molecule has 2 rings (SSSR count). The molecule has 15 heavy (non-hydrogen) atoms. The predicted molar refractivity (Wildman–Crippen MR) is 66.8 cm³/mol. The summed E-state index contributed by atoms with van der Waals surface area (Å²) in [6, 6.07) is 8.62. The average molecular weight is 200 g/mol. The Labute approximate surface area is 93.0 Å². The maximum absolute atomic E-state index is 4.31. The van der Waals surface area contributed by atoms with Crippen molar-refractivity contribution in [2.45, 2.75) is 39.0 Å². The Balaban J connectivity index is 2.16. The lowest BCUT2D eigenvalue weighted by molar-refractivity contribution is 0.430. The molecule has 0 amide bonds. The van der Waals surface area contributed by atoms with Crippen LogP contribution in [0.15, 0.2) is 30.8 Å². The third kappa shape index (κ3) is 2.31. The van der Waals surface area contributed by atoms with Crippen LogP contribution in [0.1, 0.15) is 43.2 Å². The van der Waals surface area contributed by atoms with Gasteiger partial charge in [0.1, 0.15) is 0 Å². The zero-order chi connectivity index (χ0) is 10.7. The Hall–Kier alpha value is -1.04. The highest BCUT2D eigenvalue weighted by Gasteiger charge is 2.18. The summed E-state index contributed by atoms with van der Waals surface area (Å²) in [6.07, 6.45) is 6.86. The molecule has 0 aromatic heterocycles. The highest BCUT2D eigenvalue weighted by molar-refractivity contribution is 5.67. The minimum Gasteiger partial charge on any atom is -0.0949 e. The monoisotopic (exact) mass is 200 g/mol. The maximum Gasteiger partial charge on any atom is -0.0162 e. The largest absolute Gasteiger partial charge is 0.0949 e. The zero-order valence-electron chi connectivity index (χ0n) is 9.63. The summed E-state index contributed by atoms with van der Waals surface area (Å²) in [6.45, 7) is 6.49. The fourth-order valence-electron chi connectivity index (χ4n) is 2.60. The van der Waals surface area contributed by atoms with Crippen LogP contribution in [0.4, 0.5) is 0 Å². The van der Waals surface area contributed by atoms with Gasteiger partial charge in [-0.25, -0.2) is 0 Å². The van der Waals surface area contributed by atoms with Crippen LogP contribution in [0.25, 0.3) is 5.57 Å².